The van der Waals surface area contributed by atoms with E-state index in [9.17, 15) is 32.3 Å². The largest absolute Gasteiger partial charge is 0.419 e. The van der Waals surface area contributed by atoms with Crippen molar-refractivity contribution in [2.24, 2.45) is 0 Å². The van der Waals surface area contributed by atoms with Crippen molar-refractivity contribution in [3.05, 3.63) is 47.8 Å². The minimum absolute atomic E-state index is 0.0157. The van der Waals surface area contributed by atoms with Crippen LogP contribution in [0.4, 0.5) is 30.2 Å². The molecule has 6 rings (SSSR count). The molecular weight excluding hydrogens is 764 g/mol. The van der Waals surface area contributed by atoms with Gasteiger partial charge in [-0.25, -0.2) is 4.98 Å². The van der Waals surface area contributed by atoms with Gasteiger partial charge < -0.3 is 20.3 Å². The third-order valence-corrected chi connectivity index (χ3v) is 11.6. The molecule has 4 heterocycles. The summed E-state index contributed by atoms with van der Waals surface area (Å²) in [6.45, 7) is 10.7. The second-order valence-corrected chi connectivity index (χ2v) is 16.1. The van der Waals surface area contributed by atoms with E-state index in [2.05, 4.69) is 44.6 Å². The Morgan fingerprint density at radius 3 is 2.40 bits per heavy atom. The fraction of sp³-hybridized carbons (Fsp3) is 0.564. The fourth-order valence-electron chi connectivity index (χ4n) is 8.40. The number of anilines is 3. The molecule has 1 aliphatic carbocycles. The average molecular weight is 812 g/mol. The Kier molecular flexibility index (Phi) is 12.5. The number of piperidine rings is 1. The number of halogens is 3. The number of thiocarbonyl (C=S) groups is 1. The molecule has 4 amide bonds. The van der Waals surface area contributed by atoms with Gasteiger partial charge in [-0.3, -0.25) is 39.2 Å². The number of pyridine rings is 1. The summed E-state index contributed by atoms with van der Waals surface area (Å²) in [4.78, 5) is 61.5. The zero-order valence-electron chi connectivity index (χ0n) is 32.4. The van der Waals surface area contributed by atoms with Crippen LogP contribution in [0, 0.1) is 11.3 Å². The van der Waals surface area contributed by atoms with Gasteiger partial charge in [-0.15, -0.1) is 0 Å². The van der Waals surface area contributed by atoms with Gasteiger partial charge >= 0.3 is 6.18 Å². The lowest BCUT2D eigenvalue weighted by molar-refractivity contribution is -0.138. The van der Waals surface area contributed by atoms with Crippen LogP contribution in [-0.4, -0.2) is 117 Å². The summed E-state index contributed by atoms with van der Waals surface area (Å²) in [5.41, 5.74) is -1.94. The van der Waals surface area contributed by atoms with Crippen molar-refractivity contribution < 1.29 is 37.1 Å². The van der Waals surface area contributed by atoms with Gasteiger partial charge in [0.2, 0.25) is 17.7 Å². The number of alkyl halides is 3. The van der Waals surface area contributed by atoms with Crippen LogP contribution in [0.15, 0.2) is 36.5 Å². The monoisotopic (exact) mass is 811 g/mol. The minimum atomic E-state index is -4.83. The summed E-state index contributed by atoms with van der Waals surface area (Å²) in [7, 11) is 0. The predicted octanol–water partition coefficient (Wildman–Crippen LogP) is 4.26. The van der Waals surface area contributed by atoms with Gasteiger partial charge in [0.15, 0.2) is 10.8 Å². The third kappa shape index (κ3) is 9.38. The van der Waals surface area contributed by atoms with Crippen LogP contribution < -0.4 is 20.9 Å². The number of benzene rings is 1. The molecule has 4 aliphatic rings. The van der Waals surface area contributed by atoms with Crippen LogP contribution in [-0.2, 0) is 30.1 Å². The number of imide groups is 1. The Morgan fingerprint density at radius 2 is 1.75 bits per heavy atom. The van der Waals surface area contributed by atoms with Gasteiger partial charge in [0.25, 0.3) is 5.91 Å². The molecule has 3 saturated heterocycles. The highest BCUT2D eigenvalue weighted by Gasteiger charge is 2.53. The van der Waals surface area contributed by atoms with Crippen molar-refractivity contribution in [1.82, 2.24) is 25.0 Å². The first-order valence-corrected chi connectivity index (χ1v) is 19.6. The molecule has 1 saturated carbocycles. The van der Waals surface area contributed by atoms with Crippen molar-refractivity contribution in [2.75, 3.05) is 48.3 Å². The van der Waals surface area contributed by atoms with Crippen molar-refractivity contribution in [2.45, 2.75) is 108 Å². The first-order chi connectivity index (χ1) is 27.0. The molecule has 4 fully saturated rings. The maximum atomic E-state index is 13.7. The Hall–Kier alpha value is -4.70. The van der Waals surface area contributed by atoms with E-state index < -0.39 is 34.9 Å². The van der Waals surface area contributed by atoms with E-state index in [0.29, 0.717) is 37.2 Å². The second kappa shape index (κ2) is 17.0. The maximum Gasteiger partial charge on any atom is 0.419 e. The molecule has 57 heavy (non-hydrogen) atoms. The number of nitrogens with one attached hydrogen (secondary N) is 3. The first kappa shape index (κ1) is 41.9. The van der Waals surface area contributed by atoms with E-state index in [4.69, 9.17) is 22.2 Å². The number of aromatic nitrogens is 1. The maximum absolute atomic E-state index is 13.7. The van der Waals surface area contributed by atoms with Crippen LogP contribution in [0.1, 0.15) is 77.5 Å². The SMILES string of the molecule is C[C@@H]1CN(CCOC2CCC(N3C(=S)N(c4cnc(C#N)c(C(F)(F)F)c4)C(=O)C3(C)C)CC2)C[C@H](C)N1CC(=O)Nc1cccc(N[C@H]2CCC(=O)NC2=O)c1. The average Bonchev–Trinajstić information content (AvgIpc) is 3.32. The van der Waals surface area contributed by atoms with Gasteiger partial charge in [-0.1, -0.05) is 6.07 Å². The molecule has 3 N–H and O–H groups in total. The number of ether oxygens (including phenoxy) is 1. The highest BCUT2D eigenvalue weighted by molar-refractivity contribution is 7.80. The summed E-state index contributed by atoms with van der Waals surface area (Å²) >= 11 is 5.71. The Balaban J connectivity index is 0.943. The van der Waals surface area contributed by atoms with Crippen LogP contribution in [0.3, 0.4) is 0 Å². The summed E-state index contributed by atoms with van der Waals surface area (Å²) in [6, 6.07) is 8.97. The molecule has 3 atom stereocenters. The van der Waals surface area contributed by atoms with Gasteiger partial charge in [0.1, 0.15) is 17.6 Å². The van der Waals surface area contributed by atoms with Crippen molar-refractivity contribution in [3.8, 4) is 6.07 Å². The molecule has 18 heteroatoms. The molecule has 306 valence electrons. The molecule has 1 aromatic carbocycles. The lowest BCUT2D eigenvalue weighted by Gasteiger charge is -2.44. The van der Waals surface area contributed by atoms with Crippen LogP contribution in [0.25, 0.3) is 0 Å². The summed E-state index contributed by atoms with van der Waals surface area (Å²) in [5, 5.41) is 17.7. The summed E-state index contributed by atoms with van der Waals surface area (Å²) in [6.07, 6.45) is -0.230. The number of piperazine rings is 1. The molecule has 0 spiro atoms. The highest BCUT2D eigenvalue weighted by Crippen LogP contribution is 2.40. The van der Waals surface area contributed by atoms with Crippen molar-refractivity contribution >= 4 is 58.0 Å². The van der Waals surface area contributed by atoms with Crippen LogP contribution in [0.2, 0.25) is 0 Å². The Bertz CT molecular complexity index is 1920. The van der Waals surface area contributed by atoms with E-state index in [1.807, 2.05) is 4.90 Å². The number of carbonyl (C=O) groups excluding carboxylic acids is 4. The number of hydrogen-bond acceptors (Lipinski definition) is 11. The third-order valence-electron chi connectivity index (χ3n) is 11.3. The standard InChI is InChI=1S/C39H48F3N9O5S/c1-23-20-48(21-24(2)49(23)22-34(53)46-26-7-5-6-25(16-26)45-31-12-13-33(52)47-35(31)54)14-15-56-29-10-8-27(9-11-29)51-37(57)50(36(55)38(51,3)4)28-17-30(39(40,41)42)32(18-43)44-19-28/h5-7,16-17,19,23-24,27,29,31,45H,8-15,20-22H2,1-4H3,(H,46,53)(H,47,52,54)/t23-,24+,27?,29?,31-/m0/s1. The molecule has 2 aromatic rings. The van der Waals surface area contributed by atoms with E-state index in [1.165, 1.54) is 6.07 Å². The van der Waals surface area contributed by atoms with E-state index in [1.54, 1.807) is 38.1 Å². The molecule has 1 aromatic heterocycles. The highest BCUT2D eigenvalue weighted by atomic mass is 32.1. The van der Waals surface area contributed by atoms with E-state index in [0.717, 1.165) is 49.6 Å². The second-order valence-electron chi connectivity index (χ2n) is 15.8. The molecule has 0 unspecified atom stereocenters. The zero-order chi connectivity index (χ0) is 41.2. The number of rotatable bonds is 11. The lowest BCUT2D eigenvalue weighted by Crippen LogP contribution is -2.58. The van der Waals surface area contributed by atoms with Crippen molar-refractivity contribution in [3.63, 3.8) is 0 Å². The number of nitriles is 1. The first-order valence-electron chi connectivity index (χ1n) is 19.2. The predicted molar refractivity (Wildman–Crippen MR) is 209 cm³/mol. The number of amides is 4. The molecule has 14 nitrogen and oxygen atoms in total. The zero-order valence-corrected chi connectivity index (χ0v) is 33.2. The fourth-order valence-corrected chi connectivity index (χ4v) is 8.96. The van der Waals surface area contributed by atoms with Gasteiger partial charge in [0.05, 0.1) is 36.7 Å². The molecule has 0 radical (unpaired) electrons. The normalized spacial score (nSPS) is 26.0. The topological polar surface area (TPSA) is 163 Å². The molecular formula is C39H48F3N9O5S. The van der Waals surface area contributed by atoms with Gasteiger partial charge in [0, 0.05) is 55.6 Å². The van der Waals surface area contributed by atoms with E-state index in [-0.39, 0.29) is 65.7 Å². The quantitative estimate of drug-likeness (QED) is 0.219. The van der Waals surface area contributed by atoms with Gasteiger partial charge in [-0.05, 0) is 96.3 Å². The van der Waals surface area contributed by atoms with Crippen LogP contribution >= 0.6 is 12.2 Å². The lowest BCUT2D eigenvalue weighted by atomic mass is 9.89. The minimum Gasteiger partial charge on any atom is -0.377 e. The van der Waals surface area contributed by atoms with Crippen molar-refractivity contribution in [1.29, 1.82) is 5.26 Å². The summed E-state index contributed by atoms with van der Waals surface area (Å²) in [5.74, 6) is -1.24. The van der Waals surface area contributed by atoms with E-state index >= 15 is 0 Å². The smallest absolute Gasteiger partial charge is 0.377 e. The number of nitrogens with zero attached hydrogens (tertiary/aromatic N) is 6. The Labute approximate surface area is 335 Å². The molecule has 3 aliphatic heterocycles. The Morgan fingerprint density at radius 1 is 1.07 bits per heavy atom. The number of carbonyl (C=O) groups is 4. The van der Waals surface area contributed by atoms with Gasteiger partial charge in [-0.2, -0.15) is 18.4 Å². The summed E-state index contributed by atoms with van der Waals surface area (Å²) < 4.78 is 47.4. The van der Waals surface area contributed by atoms with Crippen LogP contribution in [0.5, 0.6) is 0 Å². The molecule has 0 bridgehead atoms. The number of hydrogen-bond donors (Lipinski definition) is 3.